The standard InChI is InChI=1S/C16H24N2O2/c1-15(2,12-5-7-13(17)8-6-12)14(19)18-16(3)9-4-10-20-11-16/h5-8H,4,9-11,17H2,1-3H3,(H,18,19). The van der Waals surface area contributed by atoms with E-state index in [1.165, 1.54) is 0 Å². The quantitative estimate of drug-likeness (QED) is 0.832. The highest BCUT2D eigenvalue weighted by molar-refractivity contribution is 5.88. The summed E-state index contributed by atoms with van der Waals surface area (Å²) in [6.45, 7) is 7.27. The van der Waals surface area contributed by atoms with Crippen molar-refractivity contribution in [3.8, 4) is 0 Å². The van der Waals surface area contributed by atoms with Gasteiger partial charge in [0.15, 0.2) is 0 Å². The van der Waals surface area contributed by atoms with Crippen molar-refractivity contribution in [2.24, 2.45) is 0 Å². The smallest absolute Gasteiger partial charge is 0.230 e. The lowest BCUT2D eigenvalue weighted by atomic mass is 9.82. The van der Waals surface area contributed by atoms with E-state index in [1.807, 2.05) is 45.0 Å². The molecule has 1 aliphatic heterocycles. The fourth-order valence-corrected chi connectivity index (χ4v) is 2.49. The Morgan fingerprint density at radius 2 is 2.00 bits per heavy atom. The molecule has 0 bridgehead atoms. The second-order valence-electron chi connectivity index (χ2n) is 6.42. The van der Waals surface area contributed by atoms with Crippen LogP contribution in [0.15, 0.2) is 24.3 Å². The molecule has 1 fully saturated rings. The number of benzene rings is 1. The minimum absolute atomic E-state index is 0.0234. The Labute approximate surface area is 120 Å². The van der Waals surface area contributed by atoms with Crippen molar-refractivity contribution in [3.63, 3.8) is 0 Å². The van der Waals surface area contributed by atoms with Crippen LogP contribution in [0.4, 0.5) is 5.69 Å². The molecule has 1 aliphatic rings. The van der Waals surface area contributed by atoms with Crippen LogP contribution < -0.4 is 11.1 Å². The van der Waals surface area contributed by atoms with E-state index in [9.17, 15) is 4.79 Å². The zero-order chi connectivity index (χ0) is 14.8. The van der Waals surface area contributed by atoms with Crippen molar-refractivity contribution in [1.29, 1.82) is 0 Å². The van der Waals surface area contributed by atoms with Gasteiger partial charge in [0.25, 0.3) is 0 Å². The van der Waals surface area contributed by atoms with Gasteiger partial charge in [-0.15, -0.1) is 0 Å². The van der Waals surface area contributed by atoms with Crippen LogP contribution in [0, 0.1) is 0 Å². The maximum absolute atomic E-state index is 12.6. The Morgan fingerprint density at radius 1 is 1.35 bits per heavy atom. The van der Waals surface area contributed by atoms with Crippen LogP contribution in [-0.4, -0.2) is 24.7 Å². The van der Waals surface area contributed by atoms with Gasteiger partial charge in [-0.3, -0.25) is 4.79 Å². The zero-order valence-corrected chi connectivity index (χ0v) is 12.5. The molecule has 0 aliphatic carbocycles. The van der Waals surface area contributed by atoms with Crippen molar-refractivity contribution in [2.45, 2.75) is 44.6 Å². The number of amides is 1. The molecule has 0 spiro atoms. The van der Waals surface area contributed by atoms with Crippen LogP contribution in [0.5, 0.6) is 0 Å². The van der Waals surface area contributed by atoms with Crippen molar-refractivity contribution in [2.75, 3.05) is 18.9 Å². The van der Waals surface area contributed by atoms with Gasteiger partial charge < -0.3 is 15.8 Å². The van der Waals surface area contributed by atoms with Gasteiger partial charge in [-0.1, -0.05) is 12.1 Å². The molecule has 1 saturated heterocycles. The van der Waals surface area contributed by atoms with Gasteiger partial charge in [0, 0.05) is 12.3 Å². The zero-order valence-electron chi connectivity index (χ0n) is 12.5. The van der Waals surface area contributed by atoms with Gasteiger partial charge in [0.2, 0.25) is 5.91 Å². The third-order valence-corrected chi connectivity index (χ3v) is 4.05. The van der Waals surface area contributed by atoms with Gasteiger partial charge in [0.1, 0.15) is 0 Å². The van der Waals surface area contributed by atoms with E-state index in [0.29, 0.717) is 12.3 Å². The molecule has 4 heteroatoms. The molecule has 110 valence electrons. The van der Waals surface area contributed by atoms with Gasteiger partial charge >= 0.3 is 0 Å². The third-order valence-electron chi connectivity index (χ3n) is 4.05. The normalized spacial score (nSPS) is 23.4. The number of nitrogens with two attached hydrogens (primary N) is 1. The highest BCUT2D eigenvalue weighted by Crippen LogP contribution is 2.27. The number of hydrogen-bond donors (Lipinski definition) is 2. The van der Waals surface area contributed by atoms with Crippen LogP contribution in [0.2, 0.25) is 0 Å². The minimum Gasteiger partial charge on any atom is -0.399 e. The molecule has 1 aromatic carbocycles. The largest absolute Gasteiger partial charge is 0.399 e. The number of nitrogen functional groups attached to an aromatic ring is 1. The average Bonchev–Trinajstić information content (AvgIpc) is 2.39. The monoisotopic (exact) mass is 276 g/mol. The molecule has 1 amide bonds. The molecule has 0 saturated carbocycles. The van der Waals surface area contributed by atoms with E-state index >= 15 is 0 Å². The number of ether oxygens (including phenoxy) is 1. The lowest BCUT2D eigenvalue weighted by Gasteiger charge is -2.37. The Morgan fingerprint density at radius 3 is 2.55 bits per heavy atom. The van der Waals surface area contributed by atoms with Crippen LogP contribution in [0.25, 0.3) is 0 Å². The minimum atomic E-state index is -0.589. The summed E-state index contributed by atoms with van der Waals surface area (Å²) in [5.74, 6) is 0.0234. The average molecular weight is 276 g/mol. The van der Waals surface area contributed by atoms with Gasteiger partial charge in [0.05, 0.1) is 17.6 Å². The Bertz CT molecular complexity index is 474. The van der Waals surface area contributed by atoms with Gasteiger partial charge in [-0.25, -0.2) is 0 Å². The van der Waals surface area contributed by atoms with E-state index in [1.54, 1.807) is 0 Å². The third kappa shape index (κ3) is 3.12. The van der Waals surface area contributed by atoms with Crippen LogP contribution in [0.3, 0.4) is 0 Å². The van der Waals surface area contributed by atoms with Crippen molar-refractivity contribution in [3.05, 3.63) is 29.8 Å². The van der Waals surface area contributed by atoms with Crippen molar-refractivity contribution >= 4 is 11.6 Å². The fourth-order valence-electron chi connectivity index (χ4n) is 2.49. The maximum Gasteiger partial charge on any atom is 0.230 e. The number of hydrogen-bond acceptors (Lipinski definition) is 3. The molecule has 0 aromatic heterocycles. The summed E-state index contributed by atoms with van der Waals surface area (Å²) < 4.78 is 5.49. The van der Waals surface area contributed by atoms with Crippen LogP contribution in [0.1, 0.15) is 39.2 Å². The number of rotatable bonds is 3. The first-order valence-corrected chi connectivity index (χ1v) is 7.10. The SMILES string of the molecule is CC1(NC(=O)C(C)(C)c2ccc(N)cc2)CCCOC1. The molecule has 1 unspecified atom stereocenters. The summed E-state index contributed by atoms with van der Waals surface area (Å²) in [6, 6.07) is 7.48. The Balaban J connectivity index is 2.12. The van der Waals surface area contributed by atoms with Crippen LogP contribution >= 0.6 is 0 Å². The molecule has 0 radical (unpaired) electrons. The molecule has 1 atom stereocenters. The highest BCUT2D eigenvalue weighted by atomic mass is 16.5. The molecule has 20 heavy (non-hydrogen) atoms. The Hall–Kier alpha value is -1.55. The maximum atomic E-state index is 12.6. The van der Waals surface area contributed by atoms with E-state index in [-0.39, 0.29) is 11.4 Å². The van der Waals surface area contributed by atoms with E-state index in [0.717, 1.165) is 25.0 Å². The number of anilines is 1. The first kappa shape index (κ1) is 14.9. The predicted molar refractivity (Wildman–Crippen MR) is 80.5 cm³/mol. The summed E-state index contributed by atoms with van der Waals surface area (Å²) in [4.78, 5) is 12.6. The first-order valence-electron chi connectivity index (χ1n) is 7.10. The lowest BCUT2D eigenvalue weighted by molar-refractivity contribution is -0.129. The van der Waals surface area contributed by atoms with Crippen molar-refractivity contribution in [1.82, 2.24) is 5.32 Å². The van der Waals surface area contributed by atoms with Crippen molar-refractivity contribution < 1.29 is 9.53 Å². The molecule has 2 rings (SSSR count). The summed E-state index contributed by atoms with van der Waals surface area (Å²) in [7, 11) is 0. The van der Waals surface area contributed by atoms with Gasteiger partial charge in [-0.2, -0.15) is 0 Å². The molecule has 1 aromatic rings. The highest BCUT2D eigenvalue weighted by Gasteiger charge is 2.36. The van der Waals surface area contributed by atoms with E-state index < -0.39 is 5.41 Å². The molecule has 1 heterocycles. The van der Waals surface area contributed by atoms with E-state index in [4.69, 9.17) is 10.5 Å². The molecular formula is C16H24N2O2. The Kier molecular flexibility index (Phi) is 4.04. The second-order valence-corrected chi connectivity index (χ2v) is 6.42. The summed E-state index contributed by atoms with van der Waals surface area (Å²) in [6.07, 6.45) is 1.94. The number of carbonyl (C=O) groups is 1. The molecule has 3 N–H and O–H groups in total. The lowest BCUT2D eigenvalue weighted by Crippen LogP contribution is -2.55. The van der Waals surface area contributed by atoms with Gasteiger partial charge in [-0.05, 0) is 51.3 Å². The summed E-state index contributed by atoms with van der Waals surface area (Å²) in [5.41, 5.74) is 6.52. The predicted octanol–water partition coefficient (Wildman–Crippen LogP) is 2.23. The number of nitrogens with one attached hydrogen (secondary N) is 1. The molecular weight excluding hydrogens is 252 g/mol. The fraction of sp³-hybridized carbons (Fsp3) is 0.562. The summed E-state index contributed by atoms with van der Waals surface area (Å²) >= 11 is 0. The number of carbonyl (C=O) groups excluding carboxylic acids is 1. The molecule has 4 nitrogen and oxygen atoms in total. The first-order chi connectivity index (χ1) is 9.33. The topological polar surface area (TPSA) is 64.4 Å². The second kappa shape index (κ2) is 5.44. The van der Waals surface area contributed by atoms with Crippen LogP contribution in [-0.2, 0) is 14.9 Å². The van der Waals surface area contributed by atoms with E-state index in [2.05, 4.69) is 5.32 Å². The summed E-state index contributed by atoms with van der Waals surface area (Å²) in [5, 5.41) is 3.15.